The molecule has 0 atom stereocenters. The molecule has 158 valence electrons. The number of hydrogen-bond donors (Lipinski definition) is 1. The predicted octanol–water partition coefficient (Wildman–Crippen LogP) is 5.06. The molecule has 2 heterocycles. The topological polar surface area (TPSA) is 76.9 Å². The Morgan fingerprint density at radius 1 is 1.26 bits per heavy atom. The fourth-order valence-corrected chi connectivity index (χ4v) is 4.80. The molecule has 2 aromatic carbocycles. The first kappa shape index (κ1) is 21.5. The maximum atomic E-state index is 13.3. The van der Waals surface area contributed by atoms with Gasteiger partial charge in [0.05, 0.1) is 10.8 Å². The minimum absolute atomic E-state index is 0.0190. The van der Waals surface area contributed by atoms with Crippen molar-refractivity contribution in [1.29, 1.82) is 0 Å². The highest BCUT2D eigenvalue weighted by atomic mass is 35.5. The first-order valence-corrected chi connectivity index (χ1v) is 11.4. The van der Waals surface area contributed by atoms with Crippen LogP contribution in [0.3, 0.4) is 0 Å². The average molecular weight is 475 g/mol. The van der Waals surface area contributed by atoms with Gasteiger partial charge < -0.3 is 5.32 Å². The third-order valence-corrected chi connectivity index (χ3v) is 6.53. The van der Waals surface area contributed by atoms with Crippen molar-refractivity contribution in [3.63, 3.8) is 0 Å². The van der Waals surface area contributed by atoms with E-state index in [0.29, 0.717) is 33.3 Å². The summed E-state index contributed by atoms with van der Waals surface area (Å²) in [4.78, 5) is 30.0. The number of amides is 1. The fourth-order valence-electron chi connectivity index (χ4n) is 2.97. The van der Waals surface area contributed by atoms with Gasteiger partial charge in [-0.15, -0.1) is 0 Å². The molecule has 0 saturated heterocycles. The van der Waals surface area contributed by atoms with Crippen molar-refractivity contribution in [3.8, 4) is 11.3 Å². The van der Waals surface area contributed by atoms with Gasteiger partial charge in [0, 0.05) is 17.8 Å². The summed E-state index contributed by atoms with van der Waals surface area (Å²) in [5.74, 6) is -0.862. The molecule has 1 N–H and O–H groups in total. The standard InChI is InChI=1S/C21H16ClFN4O2S2/c1-2-27-20(29)19-18(17(26-31-19)12-6-4-3-5-7-12)25-21(27)30-11-16(28)24-13-8-9-15(23)14(22)10-13/h3-10H,2,11H2,1H3,(H,24,28). The van der Waals surface area contributed by atoms with Crippen LogP contribution < -0.4 is 10.9 Å². The van der Waals surface area contributed by atoms with Crippen LogP contribution in [0.15, 0.2) is 58.5 Å². The molecular formula is C21H16ClFN4O2S2. The van der Waals surface area contributed by atoms with Crippen LogP contribution >= 0.6 is 34.9 Å². The van der Waals surface area contributed by atoms with Gasteiger partial charge in [0.2, 0.25) is 5.91 Å². The molecule has 0 radical (unpaired) electrons. The summed E-state index contributed by atoms with van der Waals surface area (Å²) < 4.78 is 19.7. The number of halogens is 2. The summed E-state index contributed by atoms with van der Waals surface area (Å²) >= 11 is 8.03. The van der Waals surface area contributed by atoms with Crippen molar-refractivity contribution < 1.29 is 9.18 Å². The molecule has 0 unspecified atom stereocenters. The molecule has 0 fully saturated rings. The summed E-state index contributed by atoms with van der Waals surface area (Å²) in [6.45, 7) is 2.26. The van der Waals surface area contributed by atoms with Crippen LogP contribution in [0, 0.1) is 5.82 Å². The Balaban J connectivity index is 1.61. The van der Waals surface area contributed by atoms with Gasteiger partial charge in [-0.05, 0) is 36.7 Å². The molecule has 1 amide bonds. The molecule has 0 saturated carbocycles. The molecule has 31 heavy (non-hydrogen) atoms. The number of hydrogen-bond acceptors (Lipinski definition) is 6. The molecule has 2 aromatic heterocycles. The van der Waals surface area contributed by atoms with E-state index in [-0.39, 0.29) is 22.2 Å². The van der Waals surface area contributed by atoms with Gasteiger partial charge in [-0.2, -0.15) is 4.37 Å². The second-order valence-corrected chi connectivity index (χ2v) is 8.61. The van der Waals surface area contributed by atoms with Crippen molar-refractivity contribution >= 4 is 56.7 Å². The molecule has 6 nitrogen and oxygen atoms in total. The van der Waals surface area contributed by atoms with Crippen molar-refractivity contribution in [1.82, 2.24) is 13.9 Å². The van der Waals surface area contributed by atoms with Gasteiger partial charge in [-0.3, -0.25) is 14.2 Å². The molecule has 4 rings (SSSR count). The van der Waals surface area contributed by atoms with Crippen molar-refractivity contribution in [2.45, 2.75) is 18.6 Å². The van der Waals surface area contributed by atoms with E-state index in [1.54, 1.807) is 0 Å². The summed E-state index contributed by atoms with van der Waals surface area (Å²) in [6.07, 6.45) is 0. The predicted molar refractivity (Wildman–Crippen MR) is 124 cm³/mol. The van der Waals surface area contributed by atoms with Crippen LogP contribution in [-0.2, 0) is 11.3 Å². The smallest absolute Gasteiger partial charge is 0.273 e. The molecule has 0 aliphatic heterocycles. The van der Waals surface area contributed by atoms with E-state index in [1.165, 1.54) is 22.8 Å². The van der Waals surface area contributed by atoms with Crippen molar-refractivity contribution in [2.75, 3.05) is 11.1 Å². The number of rotatable bonds is 6. The zero-order valence-corrected chi connectivity index (χ0v) is 18.7. The molecule has 0 aliphatic rings. The van der Waals surface area contributed by atoms with Crippen LogP contribution in [0.2, 0.25) is 5.02 Å². The van der Waals surface area contributed by atoms with Crippen LogP contribution in [0.5, 0.6) is 0 Å². The Bertz CT molecular complexity index is 1320. The lowest BCUT2D eigenvalue weighted by molar-refractivity contribution is -0.113. The molecule has 0 aliphatic carbocycles. The van der Waals surface area contributed by atoms with Crippen molar-refractivity contribution in [3.05, 3.63) is 69.7 Å². The van der Waals surface area contributed by atoms with Gasteiger partial charge in [-0.1, -0.05) is 53.7 Å². The van der Waals surface area contributed by atoms with E-state index in [0.717, 1.165) is 28.9 Å². The number of carbonyl (C=O) groups excluding carboxylic acids is 1. The van der Waals surface area contributed by atoms with Crippen LogP contribution in [0.4, 0.5) is 10.1 Å². The summed E-state index contributed by atoms with van der Waals surface area (Å²) in [7, 11) is 0. The SMILES string of the molecule is CCn1c(SCC(=O)Nc2ccc(F)c(Cl)c2)nc2c(-c3ccccc3)nsc2c1=O. The number of nitrogens with zero attached hydrogens (tertiary/aromatic N) is 3. The van der Waals surface area contributed by atoms with Crippen LogP contribution in [0.1, 0.15) is 6.92 Å². The quantitative estimate of drug-likeness (QED) is 0.312. The highest BCUT2D eigenvalue weighted by molar-refractivity contribution is 7.99. The number of thioether (sulfide) groups is 1. The van der Waals surface area contributed by atoms with Gasteiger partial charge in [0.25, 0.3) is 5.56 Å². The Kier molecular flexibility index (Phi) is 6.35. The van der Waals surface area contributed by atoms with E-state index in [9.17, 15) is 14.0 Å². The van der Waals surface area contributed by atoms with Gasteiger partial charge >= 0.3 is 0 Å². The maximum Gasteiger partial charge on any atom is 0.273 e. The Morgan fingerprint density at radius 2 is 2.03 bits per heavy atom. The number of aromatic nitrogens is 3. The number of benzene rings is 2. The summed E-state index contributed by atoms with van der Waals surface area (Å²) in [5, 5.41) is 3.03. The van der Waals surface area contributed by atoms with E-state index in [4.69, 9.17) is 11.6 Å². The zero-order chi connectivity index (χ0) is 22.0. The van der Waals surface area contributed by atoms with Crippen LogP contribution in [-0.4, -0.2) is 25.6 Å². The van der Waals surface area contributed by atoms with E-state index >= 15 is 0 Å². The minimum Gasteiger partial charge on any atom is -0.325 e. The highest BCUT2D eigenvalue weighted by Gasteiger charge is 2.18. The first-order chi connectivity index (χ1) is 15.0. The molecular weight excluding hydrogens is 459 g/mol. The minimum atomic E-state index is -0.558. The second kappa shape index (κ2) is 9.17. The molecule has 0 spiro atoms. The number of anilines is 1. The second-order valence-electron chi connectivity index (χ2n) is 6.48. The Hall–Kier alpha value is -2.75. The summed E-state index contributed by atoms with van der Waals surface area (Å²) in [6, 6.07) is 13.5. The monoisotopic (exact) mass is 474 g/mol. The van der Waals surface area contributed by atoms with Crippen molar-refractivity contribution in [2.24, 2.45) is 0 Å². The maximum absolute atomic E-state index is 13.3. The normalized spacial score (nSPS) is 11.1. The number of nitrogens with one attached hydrogen (secondary N) is 1. The van der Waals surface area contributed by atoms with Gasteiger partial charge in [-0.25, -0.2) is 9.37 Å². The zero-order valence-electron chi connectivity index (χ0n) is 16.3. The highest BCUT2D eigenvalue weighted by Crippen LogP contribution is 2.29. The lowest BCUT2D eigenvalue weighted by Crippen LogP contribution is -2.22. The Morgan fingerprint density at radius 3 is 2.74 bits per heavy atom. The number of fused-ring (bicyclic) bond motifs is 1. The van der Waals surface area contributed by atoms with Gasteiger partial charge in [0.15, 0.2) is 5.16 Å². The third kappa shape index (κ3) is 4.48. The molecule has 0 bridgehead atoms. The molecule has 10 heteroatoms. The third-order valence-electron chi connectivity index (χ3n) is 4.44. The largest absolute Gasteiger partial charge is 0.325 e. The van der Waals surface area contributed by atoms with Gasteiger partial charge in [0.1, 0.15) is 21.7 Å². The Labute approximate surface area is 190 Å². The van der Waals surface area contributed by atoms with E-state index in [2.05, 4.69) is 14.7 Å². The van der Waals surface area contributed by atoms with E-state index in [1.807, 2.05) is 37.3 Å². The lowest BCUT2D eigenvalue weighted by Gasteiger charge is -2.10. The fraction of sp³-hybridized carbons (Fsp3) is 0.143. The average Bonchev–Trinajstić information content (AvgIpc) is 3.20. The van der Waals surface area contributed by atoms with E-state index < -0.39 is 5.82 Å². The molecule has 4 aromatic rings. The summed E-state index contributed by atoms with van der Waals surface area (Å²) in [5.41, 5.74) is 2.26. The van der Waals surface area contributed by atoms with Crippen LogP contribution in [0.25, 0.3) is 21.5 Å². The number of carbonyl (C=O) groups is 1. The first-order valence-electron chi connectivity index (χ1n) is 9.31. The lowest BCUT2D eigenvalue weighted by atomic mass is 10.1.